The SMILES string of the molecule is O=C(c1cc2c(C(F)(F)F)c(CSc3ccccc3)cnc2c2ccccc12)C(F)(F)F. The van der Waals surface area contributed by atoms with E-state index in [1.807, 2.05) is 0 Å². The lowest BCUT2D eigenvalue weighted by molar-refractivity contribution is -0.136. The maximum atomic E-state index is 14.1. The van der Waals surface area contributed by atoms with Crippen molar-refractivity contribution in [2.45, 2.75) is 23.0 Å². The number of fused-ring (bicyclic) bond motifs is 3. The van der Waals surface area contributed by atoms with Gasteiger partial charge in [-0.05, 0) is 29.1 Å². The minimum absolute atomic E-state index is 0.0466. The highest BCUT2D eigenvalue weighted by Gasteiger charge is 2.41. The number of rotatable bonds is 4. The molecule has 0 bridgehead atoms. The Morgan fingerprint density at radius 1 is 0.844 bits per heavy atom. The molecule has 0 radical (unpaired) electrons. The van der Waals surface area contributed by atoms with E-state index in [4.69, 9.17) is 0 Å². The van der Waals surface area contributed by atoms with Crippen LogP contribution < -0.4 is 0 Å². The molecule has 0 fully saturated rings. The summed E-state index contributed by atoms with van der Waals surface area (Å²) in [6.07, 6.45) is -9.00. The lowest BCUT2D eigenvalue weighted by Gasteiger charge is -2.18. The first-order valence-corrected chi connectivity index (χ1v) is 10.3. The number of pyridine rings is 1. The fourth-order valence-corrected chi connectivity index (χ4v) is 4.42. The summed E-state index contributed by atoms with van der Waals surface area (Å²) < 4.78 is 82.0. The molecular formula is C23H13F6NOS. The molecule has 0 unspecified atom stereocenters. The van der Waals surface area contributed by atoms with Crippen LogP contribution in [0.5, 0.6) is 0 Å². The average Bonchev–Trinajstić information content (AvgIpc) is 2.75. The maximum Gasteiger partial charge on any atom is 0.454 e. The third kappa shape index (κ3) is 4.17. The second-order valence-corrected chi connectivity index (χ2v) is 8.00. The van der Waals surface area contributed by atoms with Gasteiger partial charge in [-0.3, -0.25) is 9.78 Å². The molecule has 2 nitrogen and oxygen atoms in total. The molecule has 1 aromatic heterocycles. The van der Waals surface area contributed by atoms with Gasteiger partial charge in [0.1, 0.15) is 0 Å². The summed E-state index contributed by atoms with van der Waals surface area (Å²) in [5.41, 5.74) is -2.21. The molecule has 0 spiro atoms. The number of benzene rings is 3. The molecule has 0 saturated heterocycles. The second-order valence-electron chi connectivity index (χ2n) is 6.95. The zero-order chi connectivity index (χ0) is 23.1. The van der Waals surface area contributed by atoms with E-state index in [-0.39, 0.29) is 27.6 Å². The Balaban J connectivity index is 1.98. The van der Waals surface area contributed by atoms with Gasteiger partial charge in [0.2, 0.25) is 0 Å². The van der Waals surface area contributed by atoms with E-state index < -0.39 is 34.6 Å². The summed E-state index contributed by atoms with van der Waals surface area (Å²) in [4.78, 5) is 16.9. The lowest BCUT2D eigenvalue weighted by Crippen LogP contribution is -2.23. The largest absolute Gasteiger partial charge is 0.454 e. The number of alkyl halides is 6. The molecule has 32 heavy (non-hydrogen) atoms. The van der Waals surface area contributed by atoms with Crippen LogP contribution >= 0.6 is 11.8 Å². The minimum atomic E-state index is -5.23. The number of carbonyl (C=O) groups excluding carboxylic acids is 1. The molecule has 9 heteroatoms. The van der Waals surface area contributed by atoms with Gasteiger partial charge < -0.3 is 0 Å². The molecule has 0 aliphatic heterocycles. The Hall–Kier alpha value is -3.07. The van der Waals surface area contributed by atoms with Crippen LogP contribution in [0.1, 0.15) is 21.5 Å². The van der Waals surface area contributed by atoms with Crippen molar-refractivity contribution in [1.29, 1.82) is 0 Å². The number of nitrogens with zero attached hydrogens (tertiary/aromatic N) is 1. The fraction of sp³-hybridized carbons (Fsp3) is 0.130. The van der Waals surface area contributed by atoms with Gasteiger partial charge in [-0.15, -0.1) is 11.8 Å². The number of ketones is 1. The maximum absolute atomic E-state index is 14.1. The van der Waals surface area contributed by atoms with Crippen LogP contribution in [0, 0.1) is 0 Å². The van der Waals surface area contributed by atoms with E-state index >= 15 is 0 Å². The van der Waals surface area contributed by atoms with E-state index in [0.717, 1.165) is 22.9 Å². The number of hydrogen-bond acceptors (Lipinski definition) is 3. The van der Waals surface area contributed by atoms with Gasteiger partial charge in [-0.25, -0.2) is 0 Å². The highest BCUT2D eigenvalue weighted by Crippen LogP contribution is 2.42. The number of thioether (sulfide) groups is 1. The summed E-state index contributed by atoms with van der Waals surface area (Å²) in [5.74, 6) is -2.30. The minimum Gasteiger partial charge on any atom is -0.284 e. The van der Waals surface area contributed by atoms with Gasteiger partial charge in [0.05, 0.1) is 11.1 Å². The summed E-state index contributed by atoms with van der Waals surface area (Å²) >= 11 is 1.14. The molecule has 1 heterocycles. The fourth-order valence-electron chi connectivity index (χ4n) is 3.53. The van der Waals surface area contributed by atoms with Crippen LogP contribution in [0.15, 0.2) is 71.8 Å². The number of hydrogen-bond donors (Lipinski definition) is 0. The molecule has 0 aliphatic carbocycles. The Morgan fingerprint density at radius 2 is 1.47 bits per heavy atom. The zero-order valence-electron chi connectivity index (χ0n) is 16.1. The third-order valence-electron chi connectivity index (χ3n) is 4.88. The van der Waals surface area contributed by atoms with E-state index in [1.54, 1.807) is 30.3 Å². The highest BCUT2D eigenvalue weighted by atomic mass is 32.2. The van der Waals surface area contributed by atoms with Crippen LogP contribution in [-0.2, 0) is 11.9 Å². The first-order valence-electron chi connectivity index (χ1n) is 9.27. The van der Waals surface area contributed by atoms with E-state index in [9.17, 15) is 31.1 Å². The van der Waals surface area contributed by atoms with Crippen molar-refractivity contribution in [3.63, 3.8) is 0 Å². The molecule has 0 atom stereocenters. The summed E-state index contributed by atoms with van der Waals surface area (Å²) in [7, 11) is 0. The Morgan fingerprint density at radius 3 is 2.09 bits per heavy atom. The molecule has 4 aromatic rings. The predicted molar refractivity (Wildman–Crippen MR) is 111 cm³/mol. The van der Waals surface area contributed by atoms with Crippen LogP contribution in [0.2, 0.25) is 0 Å². The van der Waals surface area contributed by atoms with E-state index in [0.29, 0.717) is 6.07 Å². The van der Waals surface area contributed by atoms with Crippen LogP contribution in [0.25, 0.3) is 21.7 Å². The standard InChI is InChI=1S/C23H13F6NOS/c24-22(25,26)19-13(12-32-14-6-2-1-3-7-14)11-30-20-16-9-5-4-8-15(16)17(10-18(19)20)21(31)23(27,28)29/h1-11H,12H2. The van der Waals surface area contributed by atoms with Gasteiger partial charge in [0.15, 0.2) is 0 Å². The monoisotopic (exact) mass is 465 g/mol. The van der Waals surface area contributed by atoms with Crippen molar-refractivity contribution in [2.75, 3.05) is 0 Å². The van der Waals surface area contributed by atoms with Gasteiger partial charge in [-0.1, -0.05) is 42.5 Å². The molecule has 0 saturated carbocycles. The smallest absolute Gasteiger partial charge is 0.284 e. The number of Topliss-reactive ketones (excluding diaryl/α,β-unsaturated/α-hetero) is 1. The van der Waals surface area contributed by atoms with Crippen molar-refractivity contribution in [3.8, 4) is 0 Å². The van der Waals surface area contributed by atoms with Gasteiger partial charge in [0, 0.05) is 33.2 Å². The topological polar surface area (TPSA) is 30.0 Å². The van der Waals surface area contributed by atoms with Crippen molar-refractivity contribution < 1.29 is 31.1 Å². The normalized spacial score (nSPS) is 12.4. The van der Waals surface area contributed by atoms with Crippen molar-refractivity contribution in [3.05, 3.63) is 83.6 Å². The van der Waals surface area contributed by atoms with Crippen LogP contribution in [0.3, 0.4) is 0 Å². The summed E-state index contributed by atoms with van der Waals surface area (Å²) in [6.45, 7) is 0. The predicted octanol–water partition coefficient (Wildman–Crippen LogP) is 7.44. The summed E-state index contributed by atoms with van der Waals surface area (Å²) in [5, 5.41) is -0.588. The first kappa shape index (κ1) is 22.1. The van der Waals surface area contributed by atoms with Crippen molar-refractivity contribution >= 4 is 39.2 Å². The Kier molecular flexibility index (Phi) is 5.62. The number of halogens is 6. The van der Waals surface area contributed by atoms with Gasteiger partial charge in [-0.2, -0.15) is 26.3 Å². The zero-order valence-corrected chi connectivity index (χ0v) is 16.9. The van der Waals surface area contributed by atoms with Gasteiger partial charge in [0.25, 0.3) is 5.78 Å². The molecule has 164 valence electrons. The molecule has 0 N–H and O–H groups in total. The third-order valence-corrected chi connectivity index (χ3v) is 5.94. The first-order chi connectivity index (χ1) is 15.1. The number of aromatic nitrogens is 1. The van der Waals surface area contributed by atoms with Crippen molar-refractivity contribution in [1.82, 2.24) is 4.98 Å². The molecule has 4 rings (SSSR count). The molecule has 3 aromatic carbocycles. The molecule has 0 aliphatic rings. The van der Waals surface area contributed by atoms with Crippen LogP contribution in [-0.4, -0.2) is 16.9 Å². The molecular weight excluding hydrogens is 452 g/mol. The average molecular weight is 465 g/mol. The Bertz CT molecular complexity index is 1320. The Labute approximate surface area is 182 Å². The highest BCUT2D eigenvalue weighted by molar-refractivity contribution is 7.98. The van der Waals surface area contributed by atoms with Crippen molar-refractivity contribution in [2.24, 2.45) is 0 Å². The number of carbonyl (C=O) groups is 1. The quantitative estimate of drug-likeness (QED) is 0.136. The summed E-state index contributed by atoms with van der Waals surface area (Å²) in [6, 6.07) is 14.9. The van der Waals surface area contributed by atoms with Gasteiger partial charge >= 0.3 is 12.4 Å². The molecule has 0 amide bonds. The second kappa shape index (κ2) is 8.12. The van der Waals surface area contributed by atoms with Crippen LogP contribution in [0.4, 0.5) is 26.3 Å². The lowest BCUT2D eigenvalue weighted by atomic mass is 9.94. The van der Waals surface area contributed by atoms with E-state index in [2.05, 4.69) is 4.98 Å². The van der Waals surface area contributed by atoms with E-state index in [1.165, 1.54) is 24.3 Å².